The largest absolute Gasteiger partial charge is 0.399 e. The Bertz CT molecular complexity index is 638. The minimum Gasteiger partial charge on any atom is -0.399 e. The monoisotopic (exact) mass is 241 g/mol. The summed E-state index contributed by atoms with van der Waals surface area (Å²) in [5.74, 6) is -0.317. The number of nitriles is 1. The summed E-state index contributed by atoms with van der Waals surface area (Å²) in [6.07, 6.45) is 1.44. The average molecular weight is 241 g/mol. The van der Waals surface area contributed by atoms with Crippen molar-refractivity contribution in [2.24, 2.45) is 0 Å². The molecule has 1 amide bonds. The lowest BCUT2D eigenvalue weighted by Crippen LogP contribution is -2.13. The van der Waals surface area contributed by atoms with E-state index in [2.05, 4.69) is 15.5 Å². The van der Waals surface area contributed by atoms with E-state index in [0.717, 1.165) is 0 Å². The van der Waals surface area contributed by atoms with Crippen molar-refractivity contribution in [1.82, 2.24) is 10.2 Å². The van der Waals surface area contributed by atoms with Crippen molar-refractivity contribution in [3.05, 3.63) is 41.2 Å². The number of aromatic amines is 1. The molecule has 0 aliphatic rings. The van der Waals surface area contributed by atoms with Gasteiger partial charge in [-0.15, -0.1) is 0 Å². The first-order valence-electron chi connectivity index (χ1n) is 5.22. The SMILES string of the molecule is Cc1[nH]ncc1C(=O)Nc1ccc(N)cc1C#N. The first-order chi connectivity index (χ1) is 8.61. The van der Waals surface area contributed by atoms with E-state index in [1.807, 2.05) is 6.07 Å². The molecule has 1 heterocycles. The number of hydrogen-bond acceptors (Lipinski definition) is 4. The summed E-state index contributed by atoms with van der Waals surface area (Å²) < 4.78 is 0. The summed E-state index contributed by atoms with van der Waals surface area (Å²) in [7, 11) is 0. The molecule has 1 aromatic carbocycles. The zero-order valence-electron chi connectivity index (χ0n) is 9.69. The highest BCUT2D eigenvalue weighted by Crippen LogP contribution is 2.19. The van der Waals surface area contributed by atoms with E-state index < -0.39 is 0 Å². The molecule has 0 atom stereocenters. The van der Waals surface area contributed by atoms with Crippen molar-refractivity contribution in [2.45, 2.75) is 6.92 Å². The Hall–Kier alpha value is -2.81. The van der Waals surface area contributed by atoms with E-state index in [4.69, 9.17) is 11.0 Å². The fraction of sp³-hybridized carbons (Fsp3) is 0.0833. The molecule has 6 heteroatoms. The number of nitrogens with zero attached hydrogens (tertiary/aromatic N) is 2. The van der Waals surface area contributed by atoms with Gasteiger partial charge in [0.15, 0.2) is 0 Å². The maximum atomic E-state index is 11.9. The van der Waals surface area contributed by atoms with Crippen molar-refractivity contribution in [2.75, 3.05) is 11.1 Å². The van der Waals surface area contributed by atoms with Crippen LogP contribution in [0.15, 0.2) is 24.4 Å². The third kappa shape index (κ3) is 2.15. The molecule has 0 bridgehead atoms. The van der Waals surface area contributed by atoms with Crippen molar-refractivity contribution in [3.63, 3.8) is 0 Å². The van der Waals surface area contributed by atoms with Crippen molar-refractivity contribution >= 4 is 17.3 Å². The third-order valence-electron chi connectivity index (χ3n) is 2.49. The Kier molecular flexibility index (Phi) is 2.98. The summed E-state index contributed by atoms with van der Waals surface area (Å²) in [4.78, 5) is 11.9. The second-order valence-corrected chi connectivity index (χ2v) is 3.78. The van der Waals surface area contributed by atoms with Crippen LogP contribution in [0.5, 0.6) is 0 Å². The smallest absolute Gasteiger partial charge is 0.259 e. The number of hydrogen-bond donors (Lipinski definition) is 3. The lowest BCUT2D eigenvalue weighted by Gasteiger charge is -2.06. The molecular weight excluding hydrogens is 230 g/mol. The Balaban J connectivity index is 2.28. The Morgan fingerprint density at radius 1 is 1.56 bits per heavy atom. The second kappa shape index (κ2) is 4.59. The second-order valence-electron chi connectivity index (χ2n) is 3.78. The number of anilines is 2. The first kappa shape index (κ1) is 11.7. The van der Waals surface area contributed by atoms with Crippen LogP contribution in [-0.4, -0.2) is 16.1 Å². The van der Waals surface area contributed by atoms with Gasteiger partial charge in [0.05, 0.1) is 23.0 Å². The van der Waals surface area contributed by atoms with Crippen LogP contribution in [0.3, 0.4) is 0 Å². The van der Waals surface area contributed by atoms with Crippen molar-refractivity contribution in [1.29, 1.82) is 5.26 Å². The topological polar surface area (TPSA) is 108 Å². The van der Waals surface area contributed by atoms with Crippen LogP contribution in [0.4, 0.5) is 11.4 Å². The highest BCUT2D eigenvalue weighted by molar-refractivity contribution is 6.05. The molecule has 0 saturated carbocycles. The van der Waals surface area contributed by atoms with E-state index in [9.17, 15) is 4.79 Å². The van der Waals surface area contributed by atoms with Crippen LogP contribution in [0.2, 0.25) is 0 Å². The highest BCUT2D eigenvalue weighted by atomic mass is 16.1. The molecule has 0 radical (unpaired) electrons. The number of nitrogens with one attached hydrogen (secondary N) is 2. The molecule has 0 aliphatic heterocycles. The van der Waals surface area contributed by atoms with Gasteiger partial charge in [-0.05, 0) is 25.1 Å². The minimum atomic E-state index is -0.317. The summed E-state index contributed by atoms with van der Waals surface area (Å²) >= 11 is 0. The molecule has 0 saturated heterocycles. The van der Waals surface area contributed by atoms with Gasteiger partial charge in [0.1, 0.15) is 6.07 Å². The van der Waals surface area contributed by atoms with E-state index >= 15 is 0 Å². The number of aromatic nitrogens is 2. The fourth-order valence-electron chi connectivity index (χ4n) is 1.53. The molecule has 0 spiro atoms. The molecule has 0 aliphatic carbocycles. The molecule has 90 valence electrons. The molecule has 0 fully saturated rings. The number of H-pyrrole nitrogens is 1. The predicted octanol–water partition coefficient (Wildman–Crippen LogP) is 1.42. The highest BCUT2D eigenvalue weighted by Gasteiger charge is 2.12. The van der Waals surface area contributed by atoms with Gasteiger partial charge in [0.2, 0.25) is 0 Å². The van der Waals surface area contributed by atoms with Gasteiger partial charge in [0.25, 0.3) is 5.91 Å². The number of amides is 1. The van der Waals surface area contributed by atoms with Gasteiger partial charge in [-0.1, -0.05) is 0 Å². The molecule has 2 aromatic rings. The van der Waals surface area contributed by atoms with Gasteiger partial charge < -0.3 is 11.1 Å². The Morgan fingerprint density at radius 3 is 2.94 bits per heavy atom. The normalized spacial score (nSPS) is 9.78. The predicted molar refractivity (Wildman–Crippen MR) is 66.8 cm³/mol. The number of rotatable bonds is 2. The fourth-order valence-corrected chi connectivity index (χ4v) is 1.53. The number of benzene rings is 1. The van der Waals surface area contributed by atoms with Crippen LogP contribution in [-0.2, 0) is 0 Å². The van der Waals surface area contributed by atoms with Gasteiger partial charge >= 0.3 is 0 Å². The quantitative estimate of drug-likeness (QED) is 0.691. The van der Waals surface area contributed by atoms with Gasteiger partial charge in [-0.3, -0.25) is 9.89 Å². The summed E-state index contributed by atoms with van der Waals surface area (Å²) in [6.45, 7) is 1.75. The number of aryl methyl sites for hydroxylation is 1. The van der Waals surface area contributed by atoms with Gasteiger partial charge in [-0.2, -0.15) is 10.4 Å². The minimum absolute atomic E-state index is 0.317. The number of carbonyl (C=O) groups is 1. The zero-order valence-corrected chi connectivity index (χ0v) is 9.69. The summed E-state index contributed by atoms with van der Waals surface area (Å²) in [5, 5.41) is 18.1. The molecule has 1 aromatic heterocycles. The molecule has 18 heavy (non-hydrogen) atoms. The van der Waals surface area contributed by atoms with Crippen LogP contribution in [0.1, 0.15) is 21.6 Å². The lowest BCUT2D eigenvalue weighted by molar-refractivity contribution is 0.102. The standard InChI is InChI=1S/C12H11N5O/c1-7-10(6-15-17-7)12(18)16-11-3-2-9(14)4-8(11)5-13/h2-4,6H,14H2,1H3,(H,15,17)(H,16,18). The van der Waals surface area contributed by atoms with Crippen LogP contribution in [0, 0.1) is 18.3 Å². The van der Waals surface area contributed by atoms with Crippen LogP contribution in [0.25, 0.3) is 0 Å². The molecular formula is C12H11N5O. The maximum Gasteiger partial charge on any atom is 0.259 e. The van der Waals surface area contributed by atoms with E-state index in [0.29, 0.717) is 28.2 Å². The third-order valence-corrected chi connectivity index (χ3v) is 2.49. The Morgan fingerprint density at radius 2 is 2.33 bits per heavy atom. The van der Waals surface area contributed by atoms with Crippen molar-refractivity contribution < 1.29 is 4.79 Å². The van der Waals surface area contributed by atoms with E-state index in [1.165, 1.54) is 12.3 Å². The van der Waals surface area contributed by atoms with Crippen molar-refractivity contribution in [3.8, 4) is 6.07 Å². The van der Waals surface area contributed by atoms with E-state index in [1.54, 1.807) is 19.1 Å². The zero-order chi connectivity index (χ0) is 13.1. The average Bonchev–Trinajstić information content (AvgIpc) is 2.77. The maximum absolute atomic E-state index is 11.9. The van der Waals surface area contributed by atoms with E-state index in [-0.39, 0.29) is 5.91 Å². The lowest BCUT2D eigenvalue weighted by atomic mass is 10.1. The number of nitrogens with two attached hydrogens (primary N) is 1. The summed E-state index contributed by atoms with van der Waals surface area (Å²) in [5.41, 5.74) is 7.91. The van der Waals surface area contributed by atoms with Gasteiger partial charge in [0, 0.05) is 11.4 Å². The molecule has 6 nitrogen and oxygen atoms in total. The molecule has 0 unspecified atom stereocenters. The van der Waals surface area contributed by atoms with Crippen LogP contribution < -0.4 is 11.1 Å². The number of carbonyl (C=O) groups excluding carboxylic acids is 1. The van der Waals surface area contributed by atoms with Crippen LogP contribution >= 0.6 is 0 Å². The van der Waals surface area contributed by atoms with Gasteiger partial charge in [-0.25, -0.2) is 0 Å². The molecule has 2 rings (SSSR count). The first-order valence-corrected chi connectivity index (χ1v) is 5.22. The number of nitrogen functional groups attached to an aromatic ring is 1. The summed E-state index contributed by atoms with van der Waals surface area (Å²) in [6, 6.07) is 6.72. The Labute approximate surface area is 103 Å². The molecule has 4 N–H and O–H groups in total.